The van der Waals surface area contributed by atoms with Crippen molar-refractivity contribution in [2.45, 2.75) is 6.92 Å². The molecule has 0 bridgehead atoms. The van der Waals surface area contributed by atoms with E-state index in [1.807, 2.05) is 19.1 Å². The molecule has 0 atom stereocenters. The van der Waals surface area contributed by atoms with Crippen LogP contribution in [0.5, 0.6) is 11.5 Å². The molecule has 3 rings (SSSR count). The normalized spacial score (nSPS) is 11.0. The number of methoxy groups -OCH3 is 2. The molecule has 0 saturated heterocycles. The average molecular weight is 406 g/mol. The Bertz CT molecular complexity index is 1070. The summed E-state index contributed by atoms with van der Waals surface area (Å²) in [6, 6.07) is 15.5. The second-order valence-corrected chi connectivity index (χ2v) is 6.36. The quantitative estimate of drug-likeness (QED) is 0.579. The molecule has 0 saturated carbocycles. The molecular weight excluding hydrogens is 384 g/mol. The average Bonchev–Trinajstić information content (AvgIpc) is 3.26. The molecule has 0 radical (unpaired) electrons. The molecule has 7 nitrogen and oxygen atoms in total. The molecule has 1 aromatic heterocycles. The van der Waals surface area contributed by atoms with E-state index in [2.05, 4.69) is 10.6 Å². The van der Waals surface area contributed by atoms with Crippen LogP contribution in [0.25, 0.3) is 6.08 Å². The molecule has 0 aliphatic rings. The SMILES string of the molecule is COc1ccc(OC)c(NC(=O)/C(=C/c2ccco2)NC(=O)c2ccccc2C)c1. The Hall–Kier alpha value is -4.00. The van der Waals surface area contributed by atoms with Crippen molar-refractivity contribution in [2.75, 3.05) is 19.5 Å². The lowest BCUT2D eigenvalue weighted by Gasteiger charge is -2.14. The molecule has 0 unspecified atom stereocenters. The lowest BCUT2D eigenvalue weighted by molar-refractivity contribution is -0.113. The van der Waals surface area contributed by atoms with E-state index in [9.17, 15) is 9.59 Å². The van der Waals surface area contributed by atoms with Gasteiger partial charge in [-0.25, -0.2) is 0 Å². The van der Waals surface area contributed by atoms with Crippen LogP contribution in [0.1, 0.15) is 21.7 Å². The van der Waals surface area contributed by atoms with Crippen molar-refractivity contribution >= 4 is 23.6 Å². The number of nitrogens with one attached hydrogen (secondary N) is 2. The standard InChI is InChI=1S/C23H22N2O5/c1-15-7-4-5-9-18(15)22(26)25-20(14-17-8-6-12-30-17)23(27)24-19-13-16(28-2)10-11-21(19)29-3/h4-14H,1-3H3,(H,24,27)(H,25,26)/b20-14-. The van der Waals surface area contributed by atoms with Gasteiger partial charge in [-0.05, 0) is 42.8 Å². The van der Waals surface area contributed by atoms with Crippen molar-refractivity contribution < 1.29 is 23.5 Å². The molecular formula is C23H22N2O5. The van der Waals surface area contributed by atoms with E-state index < -0.39 is 11.8 Å². The predicted octanol–water partition coefficient (Wildman–Crippen LogP) is 4.01. The third-order valence-electron chi connectivity index (χ3n) is 4.37. The summed E-state index contributed by atoms with van der Waals surface area (Å²) < 4.78 is 15.8. The number of hydrogen-bond acceptors (Lipinski definition) is 5. The van der Waals surface area contributed by atoms with Gasteiger partial charge >= 0.3 is 0 Å². The topological polar surface area (TPSA) is 89.8 Å². The van der Waals surface area contributed by atoms with E-state index in [0.717, 1.165) is 5.56 Å². The monoisotopic (exact) mass is 406 g/mol. The van der Waals surface area contributed by atoms with Gasteiger partial charge in [0.05, 0.1) is 26.2 Å². The minimum Gasteiger partial charge on any atom is -0.497 e. The smallest absolute Gasteiger partial charge is 0.272 e. The van der Waals surface area contributed by atoms with Crippen molar-refractivity contribution in [3.8, 4) is 11.5 Å². The minimum absolute atomic E-state index is 0.0167. The lowest BCUT2D eigenvalue weighted by atomic mass is 10.1. The van der Waals surface area contributed by atoms with Crippen LogP contribution in [0.15, 0.2) is 71.0 Å². The first-order valence-electron chi connectivity index (χ1n) is 9.17. The van der Waals surface area contributed by atoms with Gasteiger partial charge in [-0.2, -0.15) is 0 Å². The third kappa shape index (κ3) is 4.88. The molecule has 30 heavy (non-hydrogen) atoms. The fraction of sp³-hybridized carbons (Fsp3) is 0.130. The van der Waals surface area contributed by atoms with E-state index in [4.69, 9.17) is 13.9 Å². The van der Waals surface area contributed by atoms with Crippen molar-refractivity contribution in [1.82, 2.24) is 5.32 Å². The maximum atomic E-state index is 13.0. The number of amides is 2. The van der Waals surface area contributed by atoms with Crippen molar-refractivity contribution in [3.63, 3.8) is 0 Å². The summed E-state index contributed by atoms with van der Waals surface area (Å²) in [5, 5.41) is 5.43. The molecule has 2 aromatic carbocycles. The van der Waals surface area contributed by atoms with E-state index in [1.54, 1.807) is 42.5 Å². The number of rotatable bonds is 7. The Balaban J connectivity index is 1.90. The number of ether oxygens (including phenoxy) is 2. The summed E-state index contributed by atoms with van der Waals surface area (Å²) in [6.07, 6.45) is 2.94. The van der Waals surface area contributed by atoms with Crippen LogP contribution in [-0.4, -0.2) is 26.0 Å². The van der Waals surface area contributed by atoms with Gasteiger partial charge in [-0.3, -0.25) is 9.59 Å². The van der Waals surface area contributed by atoms with Gasteiger partial charge in [0, 0.05) is 17.7 Å². The Morgan fingerprint density at radius 1 is 1.00 bits per heavy atom. The number of aryl methyl sites for hydroxylation is 1. The number of carbonyl (C=O) groups is 2. The Morgan fingerprint density at radius 2 is 1.80 bits per heavy atom. The van der Waals surface area contributed by atoms with E-state index in [-0.39, 0.29) is 5.70 Å². The molecule has 0 fully saturated rings. The highest BCUT2D eigenvalue weighted by molar-refractivity contribution is 6.11. The maximum Gasteiger partial charge on any atom is 0.272 e. The Kier molecular flexibility index (Phi) is 6.54. The summed E-state index contributed by atoms with van der Waals surface area (Å²) in [7, 11) is 3.02. The molecule has 2 amide bonds. The Labute approximate surface area is 174 Å². The van der Waals surface area contributed by atoms with Gasteiger partial charge in [-0.15, -0.1) is 0 Å². The molecule has 0 aliphatic carbocycles. The summed E-state index contributed by atoms with van der Waals surface area (Å²) in [6.45, 7) is 1.83. The van der Waals surface area contributed by atoms with Crippen LogP contribution in [0, 0.1) is 6.92 Å². The number of furan rings is 1. The van der Waals surface area contributed by atoms with Crippen LogP contribution in [0.4, 0.5) is 5.69 Å². The number of hydrogen-bond donors (Lipinski definition) is 2. The van der Waals surface area contributed by atoms with Crippen LogP contribution in [0.3, 0.4) is 0 Å². The minimum atomic E-state index is -0.542. The van der Waals surface area contributed by atoms with Gasteiger partial charge < -0.3 is 24.5 Å². The number of anilines is 1. The fourth-order valence-corrected chi connectivity index (χ4v) is 2.79. The summed E-state index contributed by atoms with van der Waals surface area (Å²) >= 11 is 0. The summed E-state index contributed by atoms with van der Waals surface area (Å²) in [4.78, 5) is 25.8. The third-order valence-corrected chi connectivity index (χ3v) is 4.37. The highest BCUT2D eigenvalue weighted by atomic mass is 16.5. The van der Waals surface area contributed by atoms with E-state index in [0.29, 0.717) is 28.5 Å². The fourth-order valence-electron chi connectivity index (χ4n) is 2.79. The van der Waals surface area contributed by atoms with E-state index >= 15 is 0 Å². The van der Waals surface area contributed by atoms with Crippen LogP contribution in [0.2, 0.25) is 0 Å². The first kappa shape index (κ1) is 20.7. The Morgan fingerprint density at radius 3 is 2.47 bits per heavy atom. The molecule has 0 aliphatic heterocycles. The maximum absolute atomic E-state index is 13.0. The zero-order valence-electron chi connectivity index (χ0n) is 16.9. The van der Waals surface area contributed by atoms with E-state index in [1.165, 1.54) is 26.6 Å². The second kappa shape index (κ2) is 9.47. The molecule has 7 heteroatoms. The van der Waals surface area contributed by atoms with Crippen molar-refractivity contribution in [2.24, 2.45) is 0 Å². The zero-order valence-corrected chi connectivity index (χ0v) is 16.9. The highest BCUT2D eigenvalue weighted by Gasteiger charge is 2.18. The number of benzene rings is 2. The van der Waals surface area contributed by atoms with Gasteiger partial charge in [0.1, 0.15) is 23.0 Å². The summed E-state index contributed by atoms with van der Waals surface area (Å²) in [5.74, 6) is 0.472. The molecule has 2 N–H and O–H groups in total. The lowest BCUT2D eigenvalue weighted by Crippen LogP contribution is -2.31. The molecule has 154 valence electrons. The first-order valence-corrected chi connectivity index (χ1v) is 9.17. The first-order chi connectivity index (χ1) is 14.5. The highest BCUT2D eigenvalue weighted by Crippen LogP contribution is 2.29. The molecule has 3 aromatic rings. The predicted molar refractivity (Wildman–Crippen MR) is 114 cm³/mol. The van der Waals surface area contributed by atoms with Gasteiger partial charge in [0.2, 0.25) is 0 Å². The number of carbonyl (C=O) groups excluding carboxylic acids is 2. The van der Waals surface area contributed by atoms with Crippen LogP contribution < -0.4 is 20.1 Å². The van der Waals surface area contributed by atoms with Crippen molar-refractivity contribution in [1.29, 1.82) is 0 Å². The second-order valence-electron chi connectivity index (χ2n) is 6.36. The largest absolute Gasteiger partial charge is 0.497 e. The molecule has 1 heterocycles. The van der Waals surface area contributed by atoms with Gasteiger partial charge in [0.25, 0.3) is 11.8 Å². The van der Waals surface area contributed by atoms with Gasteiger partial charge in [-0.1, -0.05) is 18.2 Å². The van der Waals surface area contributed by atoms with Crippen molar-refractivity contribution in [3.05, 3.63) is 83.4 Å². The molecule has 0 spiro atoms. The summed E-state index contributed by atoms with van der Waals surface area (Å²) in [5.41, 5.74) is 1.68. The van der Waals surface area contributed by atoms with Crippen LogP contribution >= 0.6 is 0 Å². The zero-order chi connectivity index (χ0) is 21.5. The van der Waals surface area contributed by atoms with Gasteiger partial charge in [0.15, 0.2) is 0 Å². The van der Waals surface area contributed by atoms with Crippen LogP contribution in [-0.2, 0) is 4.79 Å².